The number of rotatable bonds is 5. The molecule has 2 rings (SSSR count). The van der Waals surface area contributed by atoms with Gasteiger partial charge in [-0.2, -0.15) is 5.10 Å². The lowest BCUT2D eigenvalue weighted by atomic mass is 10.0. The number of carbonyl (C=O) groups excluding carboxylic acids is 1. The quantitative estimate of drug-likeness (QED) is 0.566. The Bertz CT molecular complexity index is 527. The van der Waals surface area contributed by atoms with E-state index in [-0.39, 0.29) is 6.04 Å². The second kappa shape index (κ2) is 12.3. The number of carbonyl (C=O) groups is 1. The van der Waals surface area contributed by atoms with Crippen LogP contribution in [-0.2, 0) is 4.79 Å². The summed E-state index contributed by atoms with van der Waals surface area (Å²) in [6, 6.07) is 3.53. The molecule has 0 saturated heterocycles. The van der Waals surface area contributed by atoms with E-state index in [1.807, 2.05) is 13.8 Å². The Morgan fingerprint density at radius 1 is 1.33 bits per heavy atom. The van der Waals surface area contributed by atoms with E-state index >= 15 is 0 Å². The van der Waals surface area contributed by atoms with Gasteiger partial charge in [-0.1, -0.05) is 20.4 Å². The zero-order valence-corrected chi connectivity index (χ0v) is 14.4. The standard InChI is InChI=1S/C10H10F2N2.C6H9FO.C2H6/c1-14-10(2-3-13-14)7-4-8(11)6-9(12)5-7;1-6(5-7)3-2-4-8;1-2/h3-6,10H,2H2,1H3;4H,1-3,5H2;1-2H3. The molecule has 0 aromatic heterocycles. The molecule has 1 aliphatic rings. The Hall–Kier alpha value is -2.11. The zero-order valence-electron chi connectivity index (χ0n) is 14.4. The summed E-state index contributed by atoms with van der Waals surface area (Å²) in [7, 11) is 1.79. The molecule has 0 amide bonds. The van der Waals surface area contributed by atoms with E-state index in [0.717, 1.165) is 12.4 Å². The van der Waals surface area contributed by atoms with E-state index in [1.54, 1.807) is 18.3 Å². The van der Waals surface area contributed by atoms with Crippen molar-refractivity contribution in [3.05, 3.63) is 47.5 Å². The molecule has 0 aliphatic carbocycles. The van der Waals surface area contributed by atoms with Gasteiger partial charge in [0.2, 0.25) is 0 Å². The van der Waals surface area contributed by atoms with Crippen LogP contribution in [0.4, 0.5) is 13.2 Å². The number of nitrogens with zero attached hydrogens (tertiary/aromatic N) is 2. The molecule has 0 fully saturated rings. The Balaban J connectivity index is 0.000000456. The third kappa shape index (κ3) is 7.94. The SMILES string of the molecule is C=C(CF)CCC=O.CC.CN1N=CCC1c1cc(F)cc(F)c1. The van der Waals surface area contributed by atoms with Crippen molar-refractivity contribution in [2.75, 3.05) is 13.7 Å². The molecule has 1 unspecified atom stereocenters. The van der Waals surface area contributed by atoms with Crippen molar-refractivity contribution >= 4 is 12.5 Å². The normalized spacial score (nSPS) is 15.1. The number of benzene rings is 1. The lowest BCUT2D eigenvalue weighted by Crippen LogP contribution is -2.14. The molecule has 1 aromatic rings. The summed E-state index contributed by atoms with van der Waals surface area (Å²) in [5, 5.41) is 5.72. The van der Waals surface area contributed by atoms with Gasteiger partial charge in [-0.15, -0.1) is 0 Å². The number of aldehydes is 1. The first-order chi connectivity index (χ1) is 11.5. The number of hydrogen-bond donors (Lipinski definition) is 0. The largest absolute Gasteiger partial charge is 0.303 e. The van der Waals surface area contributed by atoms with E-state index in [4.69, 9.17) is 0 Å². The first-order valence-electron chi connectivity index (χ1n) is 7.85. The van der Waals surface area contributed by atoms with Gasteiger partial charge < -0.3 is 4.79 Å². The van der Waals surface area contributed by atoms with Gasteiger partial charge in [-0.05, 0) is 29.7 Å². The lowest BCUT2D eigenvalue weighted by Gasteiger charge is -2.19. The van der Waals surface area contributed by atoms with Gasteiger partial charge in [0.1, 0.15) is 24.6 Å². The van der Waals surface area contributed by atoms with E-state index in [0.29, 0.717) is 30.4 Å². The molecule has 0 N–H and O–H groups in total. The van der Waals surface area contributed by atoms with Gasteiger partial charge in [-0.3, -0.25) is 5.01 Å². The Morgan fingerprint density at radius 2 is 1.92 bits per heavy atom. The van der Waals surface area contributed by atoms with Crippen LogP contribution in [-0.4, -0.2) is 31.2 Å². The second-order valence-corrected chi connectivity index (χ2v) is 4.91. The molecule has 0 spiro atoms. The van der Waals surface area contributed by atoms with Crippen molar-refractivity contribution in [1.82, 2.24) is 5.01 Å². The van der Waals surface area contributed by atoms with Gasteiger partial charge in [-0.25, -0.2) is 13.2 Å². The Labute approximate surface area is 141 Å². The molecule has 1 aliphatic heterocycles. The highest BCUT2D eigenvalue weighted by Gasteiger charge is 2.20. The average Bonchev–Trinajstić information content (AvgIpc) is 3.00. The minimum atomic E-state index is -0.541. The van der Waals surface area contributed by atoms with Gasteiger partial charge in [0.15, 0.2) is 0 Å². The summed E-state index contributed by atoms with van der Waals surface area (Å²) in [5.74, 6) is -1.08. The summed E-state index contributed by atoms with van der Waals surface area (Å²) in [6.07, 6.45) is 4.08. The maximum absolute atomic E-state index is 12.9. The van der Waals surface area contributed by atoms with Crippen LogP contribution in [0.2, 0.25) is 0 Å². The fourth-order valence-corrected chi connectivity index (χ4v) is 1.96. The van der Waals surface area contributed by atoms with Crippen molar-refractivity contribution in [2.24, 2.45) is 5.10 Å². The fourth-order valence-electron chi connectivity index (χ4n) is 1.96. The first kappa shape index (κ1) is 21.9. The fraction of sp³-hybridized carbons (Fsp3) is 0.444. The molecule has 1 heterocycles. The maximum atomic E-state index is 12.9. The predicted octanol–water partition coefficient (Wildman–Crippen LogP) is 4.84. The molecule has 6 heteroatoms. The molecule has 24 heavy (non-hydrogen) atoms. The van der Waals surface area contributed by atoms with E-state index in [9.17, 15) is 18.0 Å². The molecule has 0 saturated carbocycles. The van der Waals surface area contributed by atoms with Gasteiger partial charge in [0.25, 0.3) is 0 Å². The number of allylic oxidation sites excluding steroid dienone is 1. The van der Waals surface area contributed by atoms with Gasteiger partial charge in [0, 0.05) is 32.2 Å². The van der Waals surface area contributed by atoms with Crippen molar-refractivity contribution in [3.8, 4) is 0 Å². The predicted molar refractivity (Wildman–Crippen MR) is 91.7 cm³/mol. The summed E-state index contributed by atoms with van der Waals surface area (Å²) >= 11 is 0. The molecule has 0 bridgehead atoms. The molecule has 134 valence electrons. The van der Waals surface area contributed by atoms with Gasteiger partial charge >= 0.3 is 0 Å². The van der Waals surface area contributed by atoms with Crippen LogP contribution >= 0.6 is 0 Å². The van der Waals surface area contributed by atoms with E-state index in [2.05, 4.69) is 11.7 Å². The zero-order chi connectivity index (χ0) is 18.5. The minimum absolute atomic E-state index is 0.0415. The maximum Gasteiger partial charge on any atom is 0.126 e. The van der Waals surface area contributed by atoms with Crippen LogP contribution in [0.15, 0.2) is 35.5 Å². The molecule has 3 nitrogen and oxygen atoms in total. The monoisotopic (exact) mass is 342 g/mol. The Kier molecular flexibility index (Phi) is 11.2. The van der Waals surface area contributed by atoms with Crippen LogP contribution in [0.3, 0.4) is 0 Å². The molecule has 1 aromatic carbocycles. The first-order valence-corrected chi connectivity index (χ1v) is 7.85. The summed E-state index contributed by atoms with van der Waals surface area (Å²) in [5.41, 5.74) is 1.12. The summed E-state index contributed by atoms with van der Waals surface area (Å²) in [4.78, 5) is 9.66. The highest BCUT2D eigenvalue weighted by Crippen LogP contribution is 2.27. The second-order valence-electron chi connectivity index (χ2n) is 4.91. The lowest BCUT2D eigenvalue weighted by molar-refractivity contribution is -0.107. The number of alkyl halides is 1. The Morgan fingerprint density at radius 3 is 2.33 bits per heavy atom. The van der Waals surface area contributed by atoms with Gasteiger partial charge in [0.05, 0.1) is 6.04 Å². The third-order valence-corrected chi connectivity index (χ3v) is 3.12. The summed E-state index contributed by atoms with van der Waals surface area (Å²) in [6.45, 7) is 6.87. The van der Waals surface area contributed by atoms with Crippen molar-refractivity contribution < 1.29 is 18.0 Å². The highest BCUT2D eigenvalue weighted by molar-refractivity contribution is 5.60. The molecular formula is C18H25F3N2O. The van der Waals surface area contributed by atoms with Crippen LogP contribution in [0.25, 0.3) is 0 Å². The van der Waals surface area contributed by atoms with E-state index < -0.39 is 18.3 Å². The van der Waals surface area contributed by atoms with Crippen molar-refractivity contribution in [2.45, 2.75) is 39.2 Å². The van der Waals surface area contributed by atoms with E-state index in [1.165, 1.54) is 12.1 Å². The van der Waals surface area contributed by atoms with Crippen LogP contribution < -0.4 is 0 Å². The van der Waals surface area contributed by atoms with Crippen LogP contribution in [0, 0.1) is 11.6 Å². The number of halogens is 3. The topological polar surface area (TPSA) is 32.7 Å². The molecule has 0 radical (unpaired) electrons. The highest BCUT2D eigenvalue weighted by atomic mass is 19.1. The third-order valence-electron chi connectivity index (χ3n) is 3.12. The molecular weight excluding hydrogens is 317 g/mol. The smallest absolute Gasteiger partial charge is 0.126 e. The average molecular weight is 342 g/mol. The minimum Gasteiger partial charge on any atom is -0.303 e. The number of hydrazone groups is 1. The van der Waals surface area contributed by atoms with Crippen LogP contribution in [0.1, 0.15) is 44.7 Å². The van der Waals surface area contributed by atoms with Crippen molar-refractivity contribution in [1.29, 1.82) is 0 Å². The molecule has 1 atom stereocenters. The number of hydrogen-bond acceptors (Lipinski definition) is 3. The van der Waals surface area contributed by atoms with Crippen molar-refractivity contribution in [3.63, 3.8) is 0 Å². The summed E-state index contributed by atoms with van der Waals surface area (Å²) < 4.78 is 37.3. The van der Waals surface area contributed by atoms with Crippen LogP contribution in [0.5, 0.6) is 0 Å².